The molecule has 0 spiro atoms. The number of rotatable bonds is 5. The van der Waals surface area contributed by atoms with Gasteiger partial charge in [0.25, 0.3) is 0 Å². The maximum absolute atomic E-state index is 11.5. The first-order valence-electron chi connectivity index (χ1n) is 4.52. The Kier molecular flexibility index (Phi) is 3.62. The summed E-state index contributed by atoms with van der Waals surface area (Å²) in [7, 11) is -2.93. The standard InChI is InChI=1S/C8H15N3O2S/c1-8(2)5-14(12,13)4-3-11-6-9-10-7-11/h6-8H,3-5H2,1-2H3. The second-order valence-corrected chi connectivity index (χ2v) is 5.94. The van der Waals surface area contributed by atoms with Gasteiger partial charge in [0.05, 0.1) is 11.5 Å². The van der Waals surface area contributed by atoms with Crippen LogP contribution in [-0.4, -0.2) is 34.7 Å². The van der Waals surface area contributed by atoms with Gasteiger partial charge in [-0.3, -0.25) is 0 Å². The summed E-state index contributed by atoms with van der Waals surface area (Å²) in [5.41, 5.74) is 0. The van der Waals surface area contributed by atoms with Crippen molar-refractivity contribution in [1.82, 2.24) is 14.8 Å². The molecule has 0 atom stereocenters. The van der Waals surface area contributed by atoms with Crippen LogP contribution in [0.15, 0.2) is 12.7 Å². The van der Waals surface area contributed by atoms with E-state index >= 15 is 0 Å². The van der Waals surface area contributed by atoms with Gasteiger partial charge in [0.1, 0.15) is 12.7 Å². The number of hydrogen-bond acceptors (Lipinski definition) is 4. The van der Waals surface area contributed by atoms with Crippen LogP contribution in [0.5, 0.6) is 0 Å². The van der Waals surface area contributed by atoms with Crippen molar-refractivity contribution < 1.29 is 8.42 Å². The van der Waals surface area contributed by atoms with Gasteiger partial charge in [-0.05, 0) is 5.92 Å². The van der Waals surface area contributed by atoms with Gasteiger partial charge in [0.2, 0.25) is 0 Å². The lowest BCUT2D eigenvalue weighted by Gasteiger charge is -2.06. The summed E-state index contributed by atoms with van der Waals surface area (Å²) in [6.45, 7) is 4.23. The largest absolute Gasteiger partial charge is 0.319 e. The molecule has 0 fully saturated rings. The van der Waals surface area contributed by atoms with E-state index in [9.17, 15) is 8.42 Å². The number of aromatic nitrogens is 3. The summed E-state index contributed by atoms with van der Waals surface area (Å²) in [4.78, 5) is 0. The van der Waals surface area contributed by atoms with Crippen molar-refractivity contribution in [3.8, 4) is 0 Å². The highest BCUT2D eigenvalue weighted by Gasteiger charge is 2.12. The maximum Gasteiger partial charge on any atom is 0.152 e. The fraction of sp³-hybridized carbons (Fsp3) is 0.750. The van der Waals surface area contributed by atoms with Crippen molar-refractivity contribution >= 4 is 9.84 Å². The molecule has 1 aromatic heterocycles. The lowest BCUT2D eigenvalue weighted by molar-refractivity contribution is 0.575. The van der Waals surface area contributed by atoms with E-state index in [4.69, 9.17) is 0 Å². The van der Waals surface area contributed by atoms with Crippen molar-refractivity contribution in [1.29, 1.82) is 0 Å². The highest BCUT2D eigenvalue weighted by atomic mass is 32.2. The van der Waals surface area contributed by atoms with Crippen LogP contribution < -0.4 is 0 Å². The molecular formula is C8H15N3O2S. The molecule has 0 radical (unpaired) electrons. The first-order valence-corrected chi connectivity index (χ1v) is 6.34. The van der Waals surface area contributed by atoms with E-state index in [1.165, 1.54) is 12.7 Å². The molecule has 1 aromatic rings. The maximum atomic E-state index is 11.5. The third kappa shape index (κ3) is 3.87. The Morgan fingerprint density at radius 1 is 1.29 bits per heavy atom. The number of aryl methyl sites for hydroxylation is 1. The molecule has 0 aliphatic rings. The first-order chi connectivity index (χ1) is 6.49. The quantitative estimate of drug-likeness (QED) is 0.714. The molecule has 0 unspecified atom stereocenters. The van der Waals surface area contributed by atoms with E-state index in [1.807, 2.05) is 13.8 Å². The number of hydrogen-bond donors (Lipinski definition) is 0. The van der Waals surface area contributed by atoms with Gasteiger partial charge in [-0.1, -0.05) is 13.8 Å². The molecule has 0 amide bonds. The molecule has 6 heteroatoms. The van der Waals surface area contributed by atoms with E-state index in [-0.39, 0.29) is 17.4 Å². The molecule has 0 bridgehead atoms. The normalized spacial score (nSPS) is 12.2. The molecule has 0 aliphatic heterocycles. The molecule has 0 saturated carbocycles. The van der Waals surface area contributed by atoms with Gasteiger partial charge in [0.15, 0.2) is 9.84 Å². The molecule has 5 nitrogen and oxygen atoms in total. The molecule has 1 heterocycles. The molecule has 0 aliphatic carbocycles. The SMILES string of the molecule is CC(C)CS(=O)(=O)CCn1cnnc1. The minimum atomic E-state index is -2.93. The highest BCUT2D eigenvalue weighted by Crippen LogP contribution is 2.01. The van der Waals surface area contributed by atoms with E-state index in [0.29, 0.717) is 6.54 Å². The van der Waals surface area contributed by atoms with Crippen LogP contribution in [0.25, 0.3) is 0 Å². The van der Waals surface area contributed by atoms with E-state index < -0.39 is 9.84 Å². The monoisotopic (exact) mass is 217 g/mol. The summed E-state index contributed by atoms with van der Waals surface area (Å²) < 4.78 is 24.6. The van der Waals surface area contributed by atoms with Crippen LogP contribution in [0.1, 0.15) is 13.8 Å². The number of nitrogens with zero attached hydrogens (tertiary/aromatic N) is 3. The second kappa shape index (κ2) is 4.54. The fourth-order valence-electron chi connectivity index (χ4n) is 1.17. The molecule has 1 rings (SSSR count). The molecule has 0 N–H and O–H groups in total. The lowest BCUT2D eigenvalue weighted by atomic mass is 10.3. The Morgan fingerprint density at radius 2 is 1.86 bits per heavy atom. The van der Waals surface area contributed by atoms with E-state index in [1.54, 1.807) is 4.57 Å². The fourth-order valence-corrected chi connectivity index (χ4v) is 2.84. The van der Waals surface area contributed by atoms with Crippen molar-refractivity contribution in [2.45, 2.75) is 20.4 Å². The van der Waals surface area contributed by atoms with Crippen molar-refractivity contribution in [3.05, 3.63) is 12.7 Å². The van der Waals surface area contributed by atoms with Crippen molar-refractivity contribution in [2.24, 2.45) is 5.92 Å². The number of sulfone groups is 1. The van der Waals surface area contributed by atoms with E-state index in [2.05, 4.69) is 10.2 Å². The Hall–Kier alpha value is -0.910. The zero-order valence-electron chi connectivity index (χ0n) is 8.42. The predicted octanol–water partition coefficient (Wildman–Crippen LogP) is 0.349. The summed E-state index contributed by atoms with van der Waals surface area (Å²) >= 11 is 0. The van der Waals surface area contributed by atoms with E-state index in [0.717, 1.165) is 0 Å². The average Bonchev–Trinajstić information content (AvgIpc) is 2.50. The zero-order chi connectivity index (χ0) is 10.6. The van der Waals surface area contributed by atoms with Crippen molar-refractivity contribution in [3.63, 3.8) is 0 Å². The predicted molar refractivity (Wildman–Crippen MR) is 53.5 cm³/mol. The minimum absolute atomic E-state index is 0.156. The van der Waals surface area contributed by atoms with Crippen LogP contribution in [0.3, 0.4) is 0 Å². The van der Waals surface area contributed by atoms with Crippen LogP contribution in [-0.2, 0) is 16.4 Å². The molecular weight excluding hydrogens is 202 g/mol. The summed E-state index contributed by atoms with van der Waals surface area (Å²) in [5, 5.41) is 7.20. The second-order valence-electron chi connectivity index (χ2n) is 3.71. The van der Waals surface area contributed by atoms with Gasteiger partial charge < -0.3 is 4.57 Å². The summed E-state index contributed by atoms with van der Waals surface area (Å²) in [6.07, 6.45) is 3.04. The van der Waals surface area contributed by atoms with Gasteiger partial charge >= 0.3 is 0 Å². The van der Waals surface area contributed by atoms with Crippen LogP contribution in [0.4, 0.5) is 0 Å². The smallest absolute Gasteiger partial charge is 0.152 e. The third-order valence-electron chi connectivity index (χ3n) is 1.71. The Balaban J connectivity index is 2.45. The Labute approximate surface area is 84.1 Å². The summed E-state index contributed by atoms with van der Waals surface area (Å²) in [6, 6.07) is 0. The molecule has 80 valence electrons. The Morgan fingerprint density at radius 3 is 2.36 bits per heavy atom. The third-order valence-corrected chi connectivity index (χ3v) is 3.69. The summed E-state index contributed by atoms with van der Waals surface area (Å²) in [5.74, 6) is 0.583. The van der Waals surface area contributed by atoms with Gasteiger partial charge in [-0.25, -0.2) is 8.42 Å². The van der Waals surface area contributed by atoms with Crippen LogP contribution in [0.2, 0.25) is 0 Å². The van der Waals surface area contributed by atoms with Gasteiger partial charge in [0, 0.05) is 6.54 Å². The van der Waals surface area contributed by atoms with Gasteiger partial charge in [-0.2, -0.15) is 0 Å². The topological polar surface area (TPSA) is 64.8 Å². The Bertz CT molecular complexity index is 356. The van der Waals surface area contributed by atoms with Crippen LogP contribution >= 0.6 is 0 Å². The molecule has 0 aromatic carbocycles. The highest BCUT2D eigenvalue weighted by molar-refractivity contribution is 7.91. The van der Waals surface area contributed by atoms with Crippen LogP contribution in [0, 0.1) is 5.92 Å². The molecule has 0 saturated heterocycles. The lowest BCUT2D eigenvalue weighted by Crippen LogP contribution is -2.18. The first kappa shape index (κ1) is 11.2. The molecule has 14 heavy (non-hydrogen) atoms. The minimum Gasteiger partial charge on any atom is -0.319 e. The average molecular weight is 217 g/mol. The van der Waals surface area contributed by atoms with Crippen molar-refractivity contribution in [2.75, 3.05) is 11.5 Å². The zero-order valence-corrected chi connectivity index (χ0v) is 9.24. The van der Waals surface area contributed by atoms with Gasteiger partial charge in [-0.15, -0.1) is 10.2 Å².